The fraction of sp³-hybridized carbons (Fsp3) is 0.667. The summed E-state index contributed by atoms with van der Waals surface area (Å²) in [6.07, 6.45) is 2.37. The molecular weight excluding hydrogens is 283 g/mol. The van der Waals surface area contributed by atoms with E-state index in [1.807, 2.05) is 0 Å². The molecule has 1 fully saturated rings. The van der Waals surface area contributed by atoms with Crippen molar-refractivity contribution in [2.45, 2.75) is 51.2 Å². The Balaban J connectivity index is 1.91. The average molecular weight is 303 g/mol. The van der Waals surface area contributed by atoms with Crippen LogP contribution in [0.3, 0.4) is 0 Å². The van der Waals surface area contributed by atoms with Gasteiger partial charge in [0.25, 0.3) is 0 Å². The van der Waals surface area contributed by atoms with E-state index in [-0.39, 0.29) is 13.0 Å². The lowest BCUT2D eigenvalue weighted by atomic mass is 10.0. The van der Waals surface area contributed by atoms with Crippen molar-refractivity contribution in [3.05, 3.63) is 24.2 Å². The molecule has 21 heavy (non-hydrogen) atoms. The maximum absolute atomic E-state index is 12.6. The van der Waals surface area contributed by atoms with Crippen LogP contribution in [0.2, 0.25) is 0 Å². The Morgan fingerprint density at radius 2 is 2.05 bits per heavy atom. The summed E-state index contributed by atoms with van der Waals surface area (Å²) in [4.78, 5) is 12.9. The van der Waals surface area contributed by atoms with Gasteiger partial charge in [-0.05, 0) is 24.5 Å². The third-order valence-corrected chi connectivity index (χ3v) is 3.89. The van der Waals surface area contributed by atoms with Gasteiger partial charge in [0.15, 0.2) is 0 Å². The molecule has 0 aromatic carbocycles. The molecule has 0 radical (unpaired) electrons. The van der Waals surface area contributed by atoms with Crippen LogP contribution in [0.5, 0.6) is 0 Å². The van der Waals surface area contributed by atoms with Crippen LogP contribution in [0.4, 0.5) is 13.2 Å². The first-order chi connectivity index (χ1) is 9.94. The Morgan fingerprint density at radius 3 is 2.62 bits per heavy atom. The normalized spacial score (nSPS) is 16.3. The third kappa shape index (κ3) is 5.44. The highest BCUT2D eigenvalue weighted by Crippen LogP contribution is 2.29. The molecule has 0 aliphatic heterocycles. The maximum atomic E-state index is 12.6. The van der Waals surface area contributed by atoms with Crippen molar-refractivity contribution in [1.82, 2.24) is 4.90 Å². The number of rotatable bonds is 6. The summed E-state index contributed by atoms with van der Waals surface area (Å²) in [6.45, 7) is -1.35. The van der Waals surface area contributed by atoms with E-state index in [1.54, 1.807) is 12.1 Å². The molecule has 1 amide bonds. The molecule has 118 valence electrons. The monoisotopic (exact) mass is 303 g/mol. The lowest BCUT2D eigenvalue weighted by molar-refractivity contribution is -0.163. The molecule has 0 atom stereocenters. The largest absolute Gasteiger partial charge is 0.467 e. The molecule has 1 aliphatic carbocycles. The fourth-order valence-corrected chi connectivity index (χ4v) is 2.82. The molecule has 0 spiro atoms. The van der Waals surface area contributed by atoms with Crippen LogP contribution >= 0.6 is 0 Å². The highest BCUT2D eigenvalue weighted by molar-refractivity contribution is 5.76. The van der Waals surface area contributed by atoms with Crippen LogP contribution in [0.15, 0.2) is 22.8 Å². The summed E-state index contributed by atoms with van der Waals surface area (Å²) in [5, 5.41) is 0. The van der Waals surface area contributed by atoms with Crippen molar-refractivity contribution in [1.29, 1.82) is 0 Å². The molecule has 1 aromatic heterocycles. The summed E-state index contributed by atoms with van der Waals surface area (Å²) < 4.78 is 42.9. The molecule has 6 heteroatoms. The summed E-state index contributed by atoms with van der Waals surface area (Å²) >= 11 is 0. The van der Waals surface area contributed by atoms with Gasteiger partial charge in [-0.25, -0.2) is 0 Å². The number of halogens is 3. The topological polar surface area (TPSA) is 33.5 Å². The van der Waals surface area contributed by atoms with Crippen molar-refractivity contribution in [2.75, 3.05) is 6.54 Å². The molecule has 3 nitrogen and oxygen atoms in total. The number of hydrogen-bond acceptors (Lipinski definition) is 2. The van der Waals surface area contributed by atoms with Crippen molar-refractivity contribution in [3.8, 4) is 0 Å². The number of alkyl halides is 3. The summed E-state index contributed by atoms with van der Waals surface area (Å²) in [5.41, 5.74) is 0. The van der Waals surface area contributed by atoms with E-state index < -0.39 is 18.6 Å². The number of nitrogens with zero attached hydrogens (tertiary/aromatic N) is 1. The summed E-state index contributed by atoms with van der Waals surface area (Å²) in [5.74, 6) is 0.411. The SMILES string of the molecule is O=C(CCC1CCCC1)N(Cc1ccco1)CC(F)(F)F. The van der Waals surface area contributed by atoms with Crippen LogP contribution in [-0.2, 0) is 11.3 Å². The molecular formula is C15H20F3NO2. The van der Waals surface area contributed by atoms with Gasteiger partial charge in [0.1, 0.15) is 12.3 Å². The number of carbonyl (C=O) groups is 1. The Bertz CT molecular complexity index is 436. The van der Waals surface area contributed by atoms with Gasteiger partial charge in [0.2, 0.25) is 5.91 Å². The Labute approximate surface area is 122 Å². The first-order valence-electron chi connectivity index (χ1n) is 7.31. The van der Waals surface area contributed by atoms with Gasteiger partial charge < -0.3 is 9.32 Å². The summed E-state index contributed by atoms with van der Waals surface area (Å²) in [7, 11) is 0. The van der Waals surface area contributed by atoms with E-state index in [0.717, 1.165) is 30.6 Å². The fourth-order valence-electron chi connectivity index (χ4n) is 2.82. The molecule has 0 N–H and O–H groups in total. The van der Waals surface area contributed by atoms with Gasteiger partial charge in [0.05, 0.1) is 12.8 Å². The second-order valence-corrected chi connectivity index (χ2v) is 5.63. The number of carbonyl (C=O) groups excluding carboxylic acids is 1. The van der Waals surface area contributed by atoms with Gasteiger partial charge in [-0.2, -0.15) is 13.2 Å². The number of furan rings is 1. The molecule has 0 bridgehead atoms. The molecule has 1 aromatic rings. The van der Waals surface area contributed by atoms with Crippen LogP contribution in [0.1, 0.15) is 44.3 Å². The average Bonchev–Trinajstić information content (AvgIpc) is 3.06. The predicted molar refractivity (Wildman–Crippen MR) is 71.4 cm³/mol. The highest BCUT2D eigenvalue weighted by Gasteiger charge is 2.33. The van der Waals surface area contributed by atoms with Crippen LogP contribution in [0, 0.1) is 5.92 Å². The minimum Gasteiger partial charge on any atom is -0.467 e. The quantitative estimate of drug-likeness (QED) is 0.791. The number of hydrogen-bond donors (Lipinski definition) is 0. The van der Waals surface area contributed by atoms with Crippen LogP contribution in [0.25, 0.3) is 0 Å². The lowest BCUT2D eigenvalue weighted by Gasteiger charge is -2.23. The molecule has 1 heterocycles. The first kappa shape index (κ1) is 15.9. The van der Waals surface area contributed by atoms with E-state index in [1.165, 1.54) is 6.26 Å². The second-order valence-electron chi connectivity index (χ2n) is 5.63. The van der Waals surface area contributed by atoms with Gasteiger partial charge in [-0.3, -0.25) is 4.79 Å². The van der Waals surface area contributed by atoms with E-state index in [0.29, 0.717) is 18.1 Å². The van der Waals surface area contributed by atoms with Crippen LogP contribution < -0.4 is 0 Å². The molecule has 0 unspecified atom stereocenters. The Kier molecular flexibility index (Phi) is 5.31. The molecule has 1 saturated carbocycles. The van der Waals surface area contributed by atoms with E-state index >= 15 is 0 Å². The maximum Gasteiger partial charge on any atom is 0.406 e. The zero-order valence-electron chi connectivity index (χ0n) is 11.9. The van der Waals surface area contributed by atoms with Gasteiger partial charge >= 0.3 is 6.18 Å². The second kappa shape index (κ2) is 7.00. The molecule has 1 aliphatic rings. The Morgan fingerprint density at radius 1 is 1.33 bits per heavy atom. The van der Waals surface area contributed by atoms with Crippen LogP contribution in [-0.4, -0.2) is 23.5 Å². The van der Waals surface area contributed by atoms with Gasteiger partial charge in [0, 0.05) is 6.42 Å². The van der Waals surface area contributed by atoms with Gasteiger partial charge in [-0.15, -0.1) is 0 Å². The lowest BCUT2D eigenvalue weighted by Crippen LogP contribution is -2.38. The van der Waals surface area contributed by atoms with E-state index in [2.05, 4.69) is 0 Å². The third-order valence-electron chi connectivity index (χ3n) is 3.89. The zero-order chi connectivity index (χ0) is 15.3. The first-order valence-corrected chi connectivity index (χ1v) is 7.31. The molecule has 2 rings (SSSR count). The highest BCUT2D eigenvalue weighted by atomic mass is 19.4. The van der Waals surface area contributed by atoms with Gasteiger partial charge in [-0.1, -0.05) is 25.7 Å². The zero-order valence-corrected chi connectivity index (χ0v) is 11.9. The molecule has 0 saturated heterocycles. The number of amides is 1. The minimum absolute atomic E-state index is 0.129. The Hall–Kier alpha value is -1.46. The predicted octanol–water partition coefficient (Wildman–Crippen LogP) is 4.14. The summed E-state index contributed by atoms with van der Waals surface area (Å²) in [6, 6.07) is 3.18. The van der Waals surface area contributed by atoms with E-state index in [9.17, 15) is 18.0 Å². The van der Waals surface area contributed by atoms with Crippen molar-refractivity contribution < 1.29 is 22.4 Å². The minimum atomic E-state index is -4.39. The van der Waals surface area contributed by atoms with Crippen molar-refractivity contribution in [2.24, 2.45) is 5.92 Å². The van der Waals surface area contributed by atoms with Crippen molar-refractivity contribution in [3.63, 3.8) is 0 Å². The van der Waals surface area contributed by atoms with Crippen molar-refractivity contribution >= 4 is 5.91 Å². The standard InChI is InChI=1S/C15H20F3NO2/c16-15(17,18)11-19(10-13-6-3-9-21-13)14(20)8-7-12-4-1-2-5-12/h3,6,9,12H,1-2,4-5,7-8,10-11H2. The smallest absolute Gasteiger partial charge is 0.406 e. The van der Waals surface area contributed by atoms with E-state index in [4.69, 9.17) is 4.42 Å².